The highest BCUT2D eigenvalue weighted by Gasteiger charge is 2.31. The van der Waals surface area contributed by atoms with E-state index in [-0.39, 0.29) is 12.2 Å². The van der Waals surface area contributed by atoms with Crippen LogP contribution in [0.3, 0.4) is 0 Å². The standard InChI is InChI=1S/C15H21F2N3/c16-13-7-11(9-18)8-14(17)15(13)20-6-5-19-4-2-1-3-12(19)10-20/h7-8,12H,1-6,9-10,18H2. The number of hydrogen-bond acceptors (Lipinski definition) is 3. The minimum Gasteiger partial charge on any atom is -0.364 e. The van der Waals surface area contributed by atoms with Crippen LogP contribution in [0.1, 0.15) is 24.8 Å². The lowest BCUT2D eigenvalue weighted by atomic mass is 9.99. The topological polar surface area (TPSA) is 32.5 Å². The molecule has 0 saturated carbocycles. The van der Waals surface area contributed by atoms with Crippen molar-refractivity contribution < 1.29 is 8.78 Å². The maximum Gasteiger partial charge on any atom is 0.149 e. The molecule has 2 N–H and O–H groups in total. The summed E-state index contributed by atoms with van der Waals surface area (Å²) in [5, 5.41) is 0. The maximum atomic E-state index is 14.2. The second-order valence-corrected chi connectivity index (χ2v) is 5.74. The van der Waals surface area contributed by atoms with Crippen LogP contribution in [0.4, 0.5) is 14.5 Å². The van der Waals surface area contributed by atoms with Gasteiger partial charge in [0.15, 0.2) is 0 Å². The summed E-state index contributed by atoms with van der Waals surface area (Å²) in [5.74, 6) is -0.982. The van der Waals surface area contributed by atoms with Gasteiger partial charge in [0.05, 0.1) is 0 Å². The van der Waals surface area contributed by atoms with Crippen LogP contribution in [0, 0.1) is 11.6 Å². The summed E-state index contributed by atoms with van der Waals surface area (Å²) in [7, 11) is 0. The SMILES string of the molecule is NCc1cc(F)c(N2CCN3CCCCC3C2)c(F)c1. The van der Waals surface area contributed by atoms with Crippen LogP contribution in [-0.2, 0) is 6.54 Å². The van der Waals surface area contributed by atoms with Crippen LogP contribution < -0.4 is 10.6 Å². The lowest BCUT2D eigenvalue weighted by molar-refractivity contribution is 0.133. The molecular formula is C15H21F2N3. The highest BCUT2D eigenvalue weighted by Crippen LogP contribution is 2.29. The van der Waals surface area contributed by atoms with Gasteiger partial charge in [0.2, 0.25) is 0 Å². The van der Waals surface area contributed by atoms with Gasteiger partial charge in [-0.25, -0.2) is 8.78 Å². The first kappa shape index (κ1) is 13.8. The molecule has 0 aromatic heterocycles. The fraction of sp³-hybridized carbons (Fsp3) is 0.600. The van der Waals surface area contributed by atoms with E-state index < -0.39 is 11.6 Å². The number of piperidine rings is 1. The zero-order chi connectivity index (χ0) is 14.1. The normalized spacial score (nSPS) is 23.8. The van der Waals surface area contributed by atoms with E-state index in [1.54, 1.807) is 0 Å². The first-order valence-electron chi connectivity index (χ1n) is 7.36. The first-order valence-corrected chi connectivity index (χ1v) is 7.36. The van der Waals surface area contributed by atoms with Crippen molar-refractivity contribution in [3.05, 3.63) is 29.3 Å². The number of rotatable bonds is 2. The predicted molar refractivity (Wildman–Crippen MR) is 75.7 cm³/mol. The maximum absolute atomic E-state index is 14.2. The highest BCUT2D eigenvalue weighted by molar-refractivity contribution is 5.51. The van der Waals surface area contributed by atoms with E-state index >= 15 is 0 Å². The Morgan fingerprint density at radius 3 is 2.55 bits per heavy atom. The molecule has 3 rings (SSSR count). The van der Waals surface area contributed by atoms with Gasteiger partial charge in [-0.05, 0) is 37.1 Å². The molecule has 1 unspecified atom stereocenters. The Morgan fingerprint density at radius 2 is 1.85 bits per heavy atom. The summed E-state index contributed by atoms with van der Waals surface area (Å²) in [6, 6.07) is 3.14. The summed E-state index contributed by atoms with van der Waals surface area (Å²) in [5.41, 5.74) is 6.07. The van der Waals surface area contributed by atoms with Crippen LogP contribution in [0.25, 0.3) is 0 Å². The Balaban J connectivity index is 1.83. The average molecular weight is 281 g/mol. The Morgan fingerprint density at radius 1 is 1.10 bits per heavy atom. The highest BCUT2D eigenvalue weighted by atomic mass is 19.1. The molecule has 110 valence electrons. The van der Waals surface area contributed by atoms with E-state index in [2.05, 4.69) is 4.90 Å². The molecule has 0 bridgehead atoms. The van der Waals surface area contributed by atoms with Crippen LogP contribution in [0.2, 0.25) is 0 Å². The molecule has 2 heterocycles. The zero-order valence-corrected chi connectivity index (χ0v) is 11.6. The van der Waals surface area contributed by atoms with Gasteiger partial charge in [-0.3, -0.25) is 4.90 Å². The molecule has 1 aromatic rings. The van der Waals surface area contributed by atoms with Gasteiger partial charge in [0.25, 0.3) is 0 Å². The molecule has 2 aliphatic rings. The number of fused-ring (bicyclic) bond motifs is 1. The quantitative estimate of drug-likeness (QED) is 0.901. The van der Waals surface area contributed by atoms with Gasteiger partial charge in [-0.1, -0.05) is 6.42 Å². The van der Waals surface area contributed by atoms with Crippen LogP contribution in [-0.4, -0.2) is 37.1 Å². The van der Waals surface area contributed by atoms with Crippen molar-refractivity contribution in [1.82, 2.24) is 4.90 Å². The number of nitrogens with two attached hydrogens (primary N) is 1. The molecule has 0 aliphatic carbocycles. The van der Waals surface area contributed by atoms with E-state index in [0.29, 0.717) is 18.2 Å². The van der Waals surface area contributed by atoms with Gasteiger partial charge < -0.3 is 10.6 Å². The third kappa shape index (κ3) is 2.52. The van der Waals surface area contributed by atoms with Gasteiger partial charge >= 0.3 is 0 Å². The molecule has 0 amide bonds. The number of hydrogen-bond donors (Lipinski definition) is 1. The van der Waals surface area contributed by atoms with E-state index in [9.17, 15) is 8.78 Å². The molecular weight excluding hydrogens is 260 g/mol. The smallest absolute Gasteiger partial charge is 0.149 e. The number of anilines is 1. The van der Waals surface area contributed by atoms with Gasteiger partial charge in [-0.2, -0.15) is 0 Å². The van der Waals surface area contributed by atoms with Crippen molar-refractivity contribution in [2.24, 2.45) is 5.73 Å². The summed E-state index contributed by atoms with van der Waals surface area (Å²) < 4.78 is 28.3. The monoisotopic (exact) mass is 281 g/mol. The molecule has 0 spiro atoms. The molecule has 2 aliphatic heterocycles. The van der Waals surface area contributed by atoms with E-state index in [0.717, 1.165) is 26.1 Å². The largest absolute Gasteiger partial charge is 0.364 e. The Bertz CT molecular complexity index is 469. The molecule has 0 radical (unpaired) electrons. The van der Waals surface area contributed by atoms with E-state index in [4.69, 9.17) is 5.73 Å². The zero-order valence-electron chi connectivity index (χ0n) is 11.6. The van der Waals surface area contributed by atoms with E-state index in [1.165, 1.54) is 25.0 Å². The molecule has 2 saturated heterocycles. The molecule has 2 fully saturated rings. The summed E-state index contributed by atoms with van der Waals surface area (Å²) in [4.78, 5) is 4.31. The van der Waals surface area contributed by atoms with E-state index in [1.807, 2.05) is 4.90 Å². The fourth-order valence-corrected chi connectivity index (χ4v) is 3.40. The molecule has 1 atom stereocenters. The lowest BCUT2D eigenvalue weighted by Gasteiger charge is -2.45. The van der Waals surface area contributed by atoms with Crippen molar-refractivity contribution in [3.8, 4) is 0 Å². The number of nitrogens with zero attached hydrogens (tertiary/aromatic N) is 2. The Hall–Kier alpha value is -1.20. The summed E-state index contributed by atoms with van der Waals surface area (Å²) in [6.07, 6.45) is 3.58. The fourth-order valence-electron chi connectivity index (χ4n) is 3.40. The Labute approximate surface area is 118 Å². The van der Waals surface area contributed by atoms with Crippen molar-refractivity contribution in [3.63, 3.8) is 0 Å². The third-order valence-corrected chi connectivity index (χ3v) is 4.47. The Kier molecular flexibility index (Phi) is 3.89. The minimum atomic E-state index is -0.491. The summed E-state index contributed by atoms with van der Waals surface area (Å²) >= 11 is 0. The van der Waals surface area contributed by atoms with Crippen LogP contribution in [0.5, 0.6) is 0 Å². The summed E-state index contributed by atoms with van der Waals surface area (Å²) in [6.45, 7) is 3.57. The van der Waals surface area contributed by atoms with Gasteiger partial charge in [-0.15, -0.1) is 0 Å². The average Bonchev–Trinajstić information content (AvgIpc) is 2.46. The number of piperazine rings is 1. The second-order valence-electron chi connectivity index (χ2n) is 5.74. The van der Waals surface area contributed by atoms with Gasteiger partial charge in [0.1, 0.15) is 17.3 Å². The first-order chi connectivity index (χ1) is 9.69. The third-order valence-electron chi connectivity index (χ3n) is 4.47. The minimum absolute atomic E-state index is 0.118. The number of halogens is 2. The van der Waals surface area contributed by atoms with Crippen molar-refractivity contribution in [2.45, 2.75) is 31.8 Å². The van der Waals surface area contributed by atoms with Crippen molar-refractivity contribution in [2.75, 3.05) is 31.1 Å². The van der Waals surface area contributed by atoms with Gasteiger partial charge in [0, 0.05) is 32.2 Å². The van der Waals surface area contributed by atoms with Crippen molar-refractivity contribution >= 4 is 5.69 Å². The molecule has 5 heteroatoms. The molecule has 20 heavy (non-hydrogen) atoms. The predicted octanol–water partition coefficient (Wildman–Crippen LogP) is 2.10. The second kappa shape index (κ2) is 5.66. The lowest BCUT2D eigenvalue weighted by Crippen LogP contribution is -2.55. The van der Waals surface area contributed by atoms with Crippen LogP contribution >= 0.6 is 0 Å². The molecule has 1 aromatic carbocycles. The number of benzene rings is 1. The molecule has 3 nitrogen and oxygen atoms in total. The van der Waals surface area contributed by atoms with Crippen LogP contribution in [0.15, 0.2) is 12.1 Å². The van der Waals surface area contributed by atoms with Crippen molar-refractivity contribution in [1.29, 1.82) is 0 Å².